The van der Waals surface area contributed by atoms with Gasteiger partial charge in [-0.15, -0.1) is 0 Å². The largest absolute Gasteiger partial charge is 0.309 e. The molecule has 0 aliphatic heterocycles. The van der Waals surface area contributed by atoms with Crippen molar-refractivity contribution in [1.82, 2.24) is 20.2 Å². The molecule has 4 heteroatoms. The van der Waals surface area contributed by atoms with Gasteiger partial charge in [0.1, 0.15) is 5.82 Å². The van der Waals surface area contributed by atoms with E-state index in [0.29, 0.717) is 0 Å². The fourth-order valence-electron chi connectivity index (χ4n) is 0.924. The van der Waals surface area contributed by atoms with Gasteiger partial charge in [0, 0.05) is 25.5 Å². The van der Waals surface area contributed by atoms with Crippen LogP contribution in [-0.4, -0.2) is 42.1 Å². The van der Waals surface area contributed by atoms with Crippen LogP contribution in [0.25, 0.3) is 0 Å². The first-order valence-electron chi connectivity index (χ1n) is 4.40. The minimum absolute atomic E-state index is 0.745. The summed E-state index contributed by atoms with van der Waals surface area (Å²) in [5, 5.41) is 3.27. The average molecular weight is 180 g/mol. The quantitative estimate of drug-likeness (QED) is 0.654. The maximum atomic E-state index is 4.11. The van der Waals surface area contributed by atoms with E-state index in [2.05, 4.69) is 34.3 Å². The molecule has 0 unspecified atom stereocenters. The predicted octanol–water partition coefficient (Wildman–Crippen LogP) is 0.128. The van der Waals surface area contributed by atoms with Crippen LogP contribution in [0.2, 0.25) is 0 Å². The summed E-state index contributed by atoms with van der Waals surface area (Å²) in [5.74, 6) is 0.848. The van der Waals surface area contributed by atoms with Crippen molar-refractivity contribution in [2.24, 2.45) is 0 Å². The SMILES string of the molecule is CN(C)CCNCc1ncccn1. The Hall–Kier alpha value is -1.00. The molecule has 0 amide bonds. The van der Waals surface area contributed by atoms with Crippen molar-refractivity contribution in [3.63, 3.8) is 0 Å². The van der Waals surface area contributed by atoms with Crippen LogP contribution in [0.5, 0.6) is 0 Å². The number of hydrogen-bond donors (Lipinski definition) is 1. The molecule has 13 heavy (non-hydrogen) atoms. The molecule has 1 aromatic rings. The summed E-state index contributed by atoms with van der Waals surface area (Å²) in [4.78, 5) is 10.4. The molecule has 1 rings (SSSR count). The molecule has 72 valence electrons. The van der Waals surface area contributed by atoms with Gasteiger partial charge in [0.2, 0.25) is 0 Å². The van der Waals surface area contributed by atoms with Gasteiger partial charge in [-0.3, -0.25) is 0 Å². The van der Waals surface area contributed by atoms with Gasteiger partial charge in [-0.2, -0.15) is 0 Å². The first-order valence-corrected chi connectivity index (χ1v) is 4.40. The van der Waals surface area contributed by atoms with Crippen molar-refractivity contribution in [2.75, 3.05) is 27.2 Å². The lowest BCUT2D eigenvalue weighted by Gasteiger charge is -2.09. The Morgan fingerprint density at radius 3 is 2.62 bits per heavy atom. The molecule has 0 spiro atoms. The third-order valence-corrected chi connectivity index (χ3v) is 1.64. The first kappa shape index (κ1) is 10.1. The van der Waals surface area contributed by atoms with Crippen LogP contribution in [0.1, 0.15) is 5.82 Å². The Morgan fingerprint density at radius 1 is 1.31 bits per heavy atom. The summed E-state index contributed by atoms with van der Waals surface area (Å²) in [6.45, 7) is 2.74. The highest BCUT2D eigenvalue weighted by Crippen LogP contribution is 1.85. The minimum Gasteiger partial charge on any atom is -0.309 e. The third-order valence-electron chi connectivity index (χ3n) is 1.64. The Balaban J connectivity index is 2.13. The van der Waals surface area contributed by atoms with E-state index in [9.17, 15) is 0 Å². The summed E-state index contributed by atoms with van der Waals surface area (Å²) in [7, 11) is 4.11. The molecule has 0 radical (unpaired) electrons. The van der Waals surface area contributed by atoms with Gasteiger partial charge in [0.05, 0.1) is 6.54 Å². The van der Waals surface area contributed by atoms with Crippen molar-refractivity contribution in [3.8, 4) is 0 Å². The summed E-state index contributed by atoms with van der Waals surface area (Å²) < 4.78 is 0. The van der Waals surface area contributed by atoms with Crippen LogP contribution in [0.15, 0.2) is 18.5 Å². The normalized spacial score (nSPS) is 10.7. The highest BCUT2D eigenvalue weighted by atomic mass is 15.1. The van der Waals surface area contributed by atoms with Crippen molar-refractivity contribution in [1.29, 1.82) is 0 Å². The lowest BCUT2D eigenvalue weighted by atomic mass is 10.5. The molecule has 4 nitrogen and oxygen atoms in total. The van der Waals surface area contributed by atoms with Crippen molar-refractivity contribution in [2.45, 2.75) is 6.54 Å². The molecule has 0 aliphatic rings. The van der Waals surface area contributed by atoms with Crippen molar-refractivity contribution in [3.05, 3.63) is 24.3 Å². The van der Waals surface area contributed by atoms with Crippen LogP contribution >= 0.6 is 0 Å². The fraction of sp³-hybridized carbons (Fsp3) is 0.556. The van der Waals surface area contributed by atoms with Gasteiger partial charge in [-0.1, -0.05) is 0 Å². The first-order chi connectivity index (χ1) is 6.29. The number of hydrogen-bond acceptors (Lipinski definition) is 4. The summed E-state index contributed by atoms with van der Waals surface area (Å²) >= 11 is 0. The zero-order valence-electron chi connectivity index (χ0n) is 8.20. The Morgan fingerprint density at radius 2 is 2.00 bits per heavy atom. The predicted molar refractivity (Wildman–Crippen MR) is 52.3 cm³/mol. The highest BCUT2D eigenvalue weighted by Gasteiger charge is 1.93. The molecular weight excluding hydrogens is 164 g/mol. The molecule has 0 saturated heterocycles. The van der Waals surface area contributed by atoms with Crippen LogP contribution in [0.3, 0.4) is 0 Å². The molecule has 1 N–H and O–H groups in total. The van der Waals surface area contributed by atoms with Crippen LogP contribution in [0.4, 0.5) is 0 Å². The molecule has 0 saturated carbocycles. The van der Waals surface area contributed by atoms with E-state index in [1.165, 1.54) is 0 Å². The average Bonchev–Trinajstić information content (AvgIpc) is 2.14. The molecule has 0 atom stereocenters. The van der Waals surface area contributed by atoms with E-state index in [0.717, 1.165) is 25.5 Å². The lowest BCUT2D eigenvalue weighted by molar-refractivity contribution is 0.398. The molecule has 0 aromatic carbocycles. The topological polar surface area (TPSA) is 41.0 Å². The second-order valence-corrected chi connectivity index (χ2v) is 3.15. The van der Waals surface area contributed by atoms with E-state index < -0.39 is 0 Å². The van der Waals surface area contributed by atoms with Gasteiger partial charge in [0.25, 0.3) is 0 Å². The summed E-state index contributed by atoms with van der Waals surface area (Å²) in [6.07, 6.45) is 3.52. The zero-order valence-corrected chi connectivity index (χ0v) is 8.20. The monoisotopic (exact) mass is 180 g/mol. The maximum Gasteiger partial charge on any atom is 0.141 e. The van der Waals surface area contributed by atoms with Crippen LogP contribution < -0.4 is 5.32 Å². The number of rotatable bonds is 5. The third kappa shape index (κ3) is 4.55. The fourth-order valence-corrected chi connectivity index (χ4v) is 0.924. The van der Waals surface area contributed by atoms with E-state index in [1.807, 2.05) is 6.07 Å². The van der Waals surface area contributed by atoms with Gasteiger partial charge in [-0.05, 0) is 20.2 Å². The second kappa shape index (κ2) is 5.61. The minimum atomic E-state index is 0.745. The molecule has 0 aliphatic carbocycles. The Labute approximate surface area is 79.0 Å². The zero-order chi connectivity index (χ0) is 9.52. The summed E-state index contributed by atoms with van der Waals surface area (Å²) in [5.41, 5.74) is 0. The van der Waals surface area contributed by atoms with Crippen molar-refractivity contribution >= 4 is 0 Å². The number of nitrogens with zero attached hydrogens (tertiary/aromatic N) is 3. The van der Waals surface area contributed by atoms with Gasteiger partial charge in [-0.25, -0.2) is 9.97 Å². The number of aromatic nitrogens is 2. The number of nitrogens with one attached hydrogen (secondary N) is 1. The molecular formula is C9H16N4. The van der Waals surface area contributed by atoms with E-state index in [4.69, 9.17) is 0 Å². The second-order valence-electron chi connectivity index (χ2n) is 3.15. The maximum absolute atomic E-state index is 4.11. The number of likely N-dealkylation sites (N-methyl/N-ethyl adjacent to an activating group) is 1. The Kier molecular flexibility index (Phi) is 4.35. The molecule has 0 bridgehead atoms. The van der Waals surface area contributed by atoms with Gasteiger partial charge < -0.3 is 10.2 Å². The Bertz CT molecular complexity index is 222. The van der Waals surface area contributed by atoms with E-state index in [-0.39, 0.29) is 0 Å². The molecule has 1 aromatic heterocycles. The smallest absolute Gasteiger partial charge is 0.141 e. The van der Waals surface area contributed by atoms with E-state index in [1.54, 1.807) is 12.4 Å². The van der Waals surface area contributed by atoms with Crippen LogP contribution in [0, 0.1) is 0 Å². The molecule has 0 fully saturated rings. The van der Waals surface area contributed by atoms with E-state index >= 15 is 0 Å². The standard InChI is InChI=1S/C9H16N4/c1-13(2)7-6-10-8-9-11-4-3-5-12-9/h3-5,10H,6-8H2,1-2H3. The highest BCUT2D eigenvalue weighted by molar-refractivity contribution is 4.87. The van der Waals surface area contributed by atoms with Gasteiger partial charge >= 0.3 is 0 Å². The summed E-state index contributed by atoms with van der Waals surface area (Å²) in [6, 6.07) is 1.82. The van der Waals surface area contributed by atoms with Crippen molar-refractivity contribution < 1.29 is 0 Å². The van der Waals surface area contributed by atoms with Gasteiger partial charge in [0.15, 0.2) is 0 Å². The lowest BCUT2D eigenvalue weighted by Crippen LogP contribution is -2.26. The van der Waals surface area contributed by atoms with Crippen LogP contribution in [-0.2, 0) is 6.54 Å². The molecule has 1 heterocycles.